The number of hydrogen-bond donors (Lipinski definition) is 0. The zero-order valence-electron chi connectivity index (χ0n) is 20.7. The van der Waals surface area contributed by atoms with Crippen LogP contribution < -0.4 is 0 Å². The highest BCUT2D eigenvalue weighted by atomic mass is 16.5. The Morgan fingerprint density at radius 2 is 1.68 bits per heavy atom. The first-order valence-electron chi connectivity index (χ1n) is 12.3. The van der Waals surface area contributed by atoms with E-state index in [1.54, 1.807) is 5.01 Å². The lowest BCUT2D eigenvalue weighted by Crippen LogP contribution is -2.43. The molecule has 2 heterocycles. The number of rotatable bonds is 6. The molecule has 0 saturated carbocycles. The average Bonchev–Trinajstić information content (AvgIpc) is 3.27. The molecule has 2 aromatic carbocycles. The van der Waals surface area contributed by atoms with Gasteiger partial charge in [-0.25, -0.2) is 5.01 Å². The number of hydrazone groups is 1. The number of likely N-dealkylation sites (tertiary alicyclic amines) is 1. The lowest BCUT2D eigenvalue weighted by Gasteiger charge is -2.32. The summed E-state index contributed by atoms with van der Waals surface area (Å²) in [7, 11) is 0. The maximum absolute atomic E-state index is 13.5. The Kier molecular flexibility index (Phi) is 7.47. The summed E-state index contributed by atoms with van der Waals surface area (Å²) in [5, 5.41) is 6.57. The Morgan fingerprint density at radius 3 is 2.35 bits per heavy atom. The van der Waals surface area contributed by atoms with Crippen molar-refractivity contribution in [1.82, 2.24) is 9.91 Å². The summed E-state index contributed by atoms with van der Waals surface area (Å²) in [5.74, 6) is -0.178. The van der Waals surface area contributed by atoms with Gasteiger partial charge in [0.1, 0.15) is 0 Å². The fourth-order valence-corrected chi connectivity index (χ4v) is 4.85. The smallest absolute Gasteiger partial charge is 0.309 e. The Labute approximate surface area is 202 Å². The van der Waals surface area contributed by atoms with E-state index >= 15 is 0 Å². The topological polar surface area (TPSA) is 62.2 Å². The molecule has 0 radical (unpaired) electrons. The van der Waals surface area contributed by atoms with Gasteiger partial charge < -0.3 is 4.74 Å². The molecule has 6 heteroatoms. The number of hydrogen-bond acceptors (Lipinski definition) is 5. The molecule has 4 rings (SSSR count). The van der Waals surface area contributed by atoms with Crippen molar-refractivity contribution in [1.29, 1.82) is 0 Å². The van der Waals surface area contributed by atoms with Crippen LogP contribution in [0.5, 0.6) is 0 Å². The molecule has 0 aliphatic carbocycles. The second kappa shape index (κ2) is 10.5. The third kappa shape index (κ3) is 5.39. The van der Waals surface area contributed by atoms with Gasteiger partial charge in [-0.3, -0.25) is 14.5 Å². The summed E-state index contributed by atoms with van der Waals surface area (Å²) in [4.78, 5) is 27.7. The molecular weight excluding hydrogens is 426 g/mol. The van der Waals surface area contributed by atoms with Crippen LogP contribution in [0.15, 0.2) is 47.6 Å². The Bertz CT molecular complexity index is 1070. The van der Waals surface area contributed by atoms with E-state index in [2.05, 4.69) is 68.1 Å². The second-order valence-corrected chi connectivity index (χ2v) is 9.54. The zero-order valence-corrected chi connectivity index (χ0v) is 20.7. The van der Waals surface area contributed by atoms with Crippen LogP contribution in [0.25, 0.3) is 0 Å². The van der Waals surface area contributed by atoms with Gasteiger partial charge in [0.2, 0.25) is 0 Å². The molecule has 6 nitrogen and oxygen atoms in total. The van der Waals surface area contributed by atoms with Crippen molar-refractivity contribution < 1.29 is 14.3 Å². The Morgan fingerprint density at radius 1 is 1.00 bits per heavy atom. The predicted octanol–water partition coefficient (Wildman–Crippen LogP) is 4.56. The van der Waals surface area contributed by atoms with Gasteiger partial charge in [-0.15, -0.1) is 0 Å². The van der Waals surface area contributed by atoms with Crippen molar-refractivity contribution in [2.75, 3.05) is 26.2 Å². The van der Waals surface area contributed by atoms with Gasteiger partial charge in [0.05, 0.1) is 30.8 Å². The molecule has 0 bridgehead atoms. The zero-order chi connectivity index (χ0) is 24.2. The van der Waals surface area contributed by atoms with E-state index in [0.29, 0.717) is 32.7 Å². The minimum absolute atomic E-state index is 0.000431. The minimum Gasteiger partial charge on any atom is -0.466 e. The van der Waals surface area contributed by atoms with Crippen LogP contribution in [-0.2, 0) is 14.3 Å². The molecule has 2 aliphatic rings. The van der Waals surface area contributed by atoms with Gasteiger partial charge in [0.25, 0.3) is 5.91 Å². The molecule has 1 atom stereocenters. The lowest BCUT2D eigenvalue weighted by atomic mass is 9.94. The number of benzene rings is 2. The van der Waals surface area contributed by atoms with Crippen molar-refractivity contribution in [3.63, 3.8) is 0 Å². The number of piperidine rings is 1. The van der Waals surface area contributed by atoms with Gasteiger partial charge in [-0.1, -0.05) is 47.5 Å². The molecule has 0 N–H and O–H groups in total. The second-order valence-electron chi connectivity index (χ2n) is 9.54. The van der Waals surface area contributed by atoms with Gasteiger partial charge in [0.15, 0.2) is 0 Å². The standard InChI is InChI=1S/C28H35N3O3/c1-5-34-28(33)23-12-14-30(15-13-23)18-27(32)31-26(22-10-7-19(2)8-11-22)17-25(29-31)24-16-20(3)6-9-21(24)4/h6-11,16,23,26H,5,12-15,17-18H2,1-4H3. The number of amides is 1. The summed E-state index contributed by atoms with van der Waals surface area (Å²) in [5.41, 5.74) is 6.72. The van der Waals surface area contributed by atoms with Crippen LogP contribution >= 0.6 is 0 Å². The third-order valence-corrected chi connectivity index (χ3v) is 6.90. The van der Waals surface area contributed by atoms with E-state index in [1.165, 1.54) is 16.7 Å². The minimum atomic E-state index is -0.116. The summed E-state index contributed by atoms with van der Waals surface area (Å²) >= 11 is 0. The van der Waals surface area contributed by atoms with Crippen LogP contribution in [0.4, 0.5) is 0 Å². The van der Waals surface area contributed by atoms with Crippen LogP contribution in [0.1, 0.15) is 60.0 Å². The van der Waals surface area contributed by atoms with Gasteiger partial charge in [-0.05, 0) is 70.8 Å². The van der Waals surface area contributed by atoms with E-state index in [4.69, 9.17) is 9.84 Å². The van der Waals surface area contributed by atoms with E-state index < -0.39 is 0 Å². The summed E-state index contributed by atoms with van der Waals surface area (Å²) in [6.07, 6.45) is 2.15. The molecule has 2 aliphatic heterocycles. The number of nitrogens with zero attached hydrogens (tertiary/aromatic N) is 3. The first kappa shape index (κ1) is 24.1. The Balaban J connectivity index is 1.52. The van der Waals surface area contributed by atoms with Crippen LogP contribution in [0.3, 0.4) is 0 Å². The normalized spacial score (nSPS) is 19.2. The fraction of sp³-hybridized carbons (Fsp3) is 0.464. The lowest BCUT2D eigenvalue weighted by molar-refractivity contribution is -0.149. The molecule has 1 unspecified atom stereocenters. The quantitative estimate of drug-likeness (QED) is 0.592. The number of aryl methyl sites for hydroxylation is 3. The SMILES string of the molecule is CCOC(=O)C1CCN(CC(=O)N2N=C(c3cc(C)ccc3C)CC2c2ccc(C)cc2)CC1. The molecule has 34 heavy (non-hydrogen) atoms. The van der Waals surface area contributed by atoms with Crippen LogP contribution in [-0.4, -0.2) is 53.7 Å². The molecule has 180 valence electrons. The van der Waals surface area contributed by atoms with E-state index in [9.17, 15) is 9.59 Å². The third-order valence-electron chi connectivity index (χ3n) is 6.90. The highest BCUT2D eigenvalue weighted by Crippen LogP contribution is 2.34. The van der Waals surface area contributed by atoms with Crippen molar-refractivity contribution in [3.05, 3.63) is 70.3 Å². The van der Waals surface area contributed by atoms with Crippen LogP contribution in [0.2, 0.25) is 0 Å². The molecule has 1 saturated heterocycles. The molecule has 1 amide bonds. The van der Waals surface area contributed by atoms with Crippen molar-refractivity contribution >= 4 is 17.6 Å². The maximum Gasteiger partial charge on any atom is 0.309 e. The monoisotopic (exact) mass is 461 g/mol. The summed E-state index contributed by atoms with van der Waals surface area (Å²) in [6, 6.07) is 14.7. The highest BCUT2D eigenvalue weighted by molar-refractivity contribution is 6.04. The predicted molar refractivity (Wildman–Crippen MR) is 134 cm³/mol. The van der Waals surface area contributed by atoms with E-state index in [0.717, 1.165) is 29.7 Å². The average molecular weight is 462 g/mol. The number of carbonyl (C=O) groups is 2. The van der Waals surface area contributed by atoms with Crippen molar-refractivity contribution in [2.24, 2.45) is 11.0 Å². The summed E-state index contributed by atoms with van der Waals surface area (Å²) < 4.78 is 5.17. The summed E-state index contributed by atoms with van der Waals surface area (Å²) in [6.45, 7) is 10.2. The number of carbonyl (C=O) groups excluding carboxylic acids is 2. The molecule has 0 spiro atoms. The van der Waals surface area contributed by atoms with Crippen molar-refractivity contribution in [3.8, 4) is 0 Å². The molecule has 0 aromatic heterocycles. The molecular formula is C28H35N3O3. The Hall–Kier alpha value is -2.99. The molecule has 1 fully saturated rings. The number of ether oxygens (including phenoxy) is 1. The van der Waals surface area contributed by atoms with E-state index in [-0.39, 0.29) is 23.8 Å². The van der Waals surface area contributed by atoms with Gasteiger partial charge in [-0.2, -0.15) is 5.10 Å². The van der Waals surface area contributed by atoms with Gasteiger partial charge >= 0.3 is 5.97 Å². The maximum atomic E-state index is 13.5. The molecule has 2 aromatic rings. The van der Waals surface area contributed by atoms with E-state index in [1.807, 2.05) is 6.92 Å². The van der Waals surface area contributed by atoms with Crippen LogP contribution in [0, 0.1) is 26.7 Å². The highest BCUT2D eigenvalue weighted by Gasteiger charge is 2.35. The fourth-order valence-electron chi connectivity index (χ4n) is 4.85. The first-order valence-corrected chi connectivity index (χ1v) is 12.3. The first-order chi connectivity index (χ1) is 16.4. The number of esters is 1. The van der Waals surface area contributed by atoms with Gasteiger partial charge in [0, 0.05) is 12.0 Å². The van der Waals surface area contributed by atoms with Crippen molar-refractivity contribution in [2.45, 2.75) is 53.0 Å². The largest absolute Gasteiger partial charge is 0.466 e.